The van der Waals surface area contributed by atoms with Gasteiger partial charge in [-0.15, -0.1) is 0 Å². The van der Waals surface area contributed by atoms with Crippen LogP contribution in [0.1, 0.15) is 31.1 Å². The summed E-state index contributed by atoms with van der Waals surface area (Å²) in [5.41, 5.74) is 0.813. The zero-order valence-electron chi connectivity index (χ0n) is 17.8. The maximum absolute atomic E-state index is 13.1. The number of nitrogens with one attached hydrogen (secondary N) is 1. The molecule has 0 fully saturated rings. The lowest BCUT2D eigenvalue weighted by atomic mass is 10.2. The van der Waals surface area contributed by atoms with Crippen LogP contribution in [-0.4, -0.2) is 48.7 Å². The van der Waals surface area contributed by atoms with E-state index in [-0.39, 0.29) is 22.2 Å². The average Bonchev–Trinajstić information content (AvgIpc) is 3.18. The first kappa shape index (κ1) is 22.4. The fraction of sp³-hybridized carbons (Fsp3) is 0.273. The first-order valence-corrected chi connectivity index (χ1v) is 11.6. The molecule has 164 valence electrons. The number of aromatic nitrogens is 2. The van der Waals surface area contributed by atoms with E-state index in [9.17, 15) is 13.2 Å². The van der Waals surface area contributed by atoms with Gasteiger partial charge in [0.15, 0.2) is 5.82 Å². The number of carbonyl (C=O) groups excluding carboxylic acids is 1. The van der Waals surface area contributed by atoms with Gasteiger partial charge in [0.25, 0.3) is 15.9 Å². The topological polar surface area (TPSA) is 93.5 Å². The third-order valence-electron chi connectivity index (χ3n) is 4.73. The Labute approximate surface area is 182 Å². The predicted molar refractivity (Wildman–Crippen MR) is 119 cm³/mol. The number of para-hydroxylation sites is 1. The summed E-state index contributed by atoms with van der Waals surface area (Å²) in [6.07, 6.45) is 1.39. The highest BCUT2D eigenvalue weighted by atomic mass is 32.2. The minimum absolute atomic E-state index is 0.0537. The quantitative estimate of drug-likeness (QED) is 0.547. The summed E-state index contributed by atoms with van der Waals surface area (Å²) in [5, 5.41) is 4.30. The number of carbonyl (C=O) groups is 1. The van der Waals surface area contributed by atoms with Gasteiger partial charge < -0.3 is 9.64 Å². The van der Waals surface area contributed by atoms with Crippen molar-refractivity contribution in [1.82, 2.24) is 14.7 Å². The smallest absolute Gasteiger partial charge is 0.263 e. The number of rotatable bonds is 9. The fourth-order valence-corrected chi connectivity index (χ4v) is 4.18. The monoisotopic (exact) mass is 442 g/mol. The number of hydrogen-bond donors (Lipinski definition) is 1. The van der Waals surface area contributed by atoms with Gasteiger partial charge in [-0.1, -0.05) is 18.2 Å². The van der Waals surface area contributed by atoms with Crippen LogP contribution in [0, 0.1) is 0 Å². The lowest BCUT2D eigenvalue weighted by Gasteiger charge is -2.19. The SMILES string of the molecule is CCOc1ccc(S(=O)(=O)Nc2c(C(=O)N(CC)CC)cnn2-c2ccccc2)cc1. The summed E-state index contributed by atoms with van der Waals surface area (Å²) < 4.78 is 35.6. The van der Waals surface area contributed by atoms with E-state index >= 15 is 0 Å². The lowest BCUT2D eigenvalue weighted by molar-refractivity contribution is 0.0774. The molecule has 0 unspecified atom stereocenters. The maximum Gasteiger partial charge on any atom is 0.263 e. The molecule has 2 aromatic carbocycles. The van der Waals surface area contributed by atoms with Crippen LogP contribution in [0.15, 0.2) is 65.7 Å². The Morgan fingerprint density at radius 3 is 2.26 bits per heavy atom. The van der Waals surface area contributed by atoms with Crippen LogP contribution in [0.2, 0.25) is 0 Å². The zero-order chi connectivity index (χ0) is 22.4. The number of sulfonamides is 1. The summed E-state index contributed by atoms with van der Waals surface area (Å²) in [4.78, 5) is 14.7. The van der Waals surface area contributed by atoms with Crippen molar-refractivity contribution in [2.75, 3.05) is 24.4 Å². The lowest BCUT2D eigenvalue weighted by Crippen LogP contribution is -2.31. The molecule has 3 rings (SSSR count). The van der Waals surface area contributed by atoms with Gasteiger partial charge in [0.1, 0.15) is 11.3 Å². The van der Waals surface area contributed by atoms with Gasteiger partial charge in [-0.3, -0.25) is 9.52 Å². The zero-order valence-corrected chi connectivity index (χ0v) is 18.6. The van der Waals surface area contributed by atoms with E-state index in [0.717, 1.165) is 0 Å². The molecule has 0 atom stereocenters. The minimum atomic E-state index is -3.98. The highest BCUT2D eigenvalue weighted by Crippen LogP contribution is 2.26. The predicted octanol–water partition coefficient (Wildman–Crippen LogP) is 3.55. The van der Waals surface area contributed by atoms with Crippen molar-refractivity contribution in [3.05, 3.63) is 66.4 Å². The number of ether oxygens (including phenoxy) is 1. The van der Waals surface area contributed by atoms with E-state index in [2.05, 4.69) is 9.82 Å². The summed E-state index contributed by atoms with van der Waals surface area (Å²) in [6.45, 7) is 7.07. The molecule has 0 saturated heterocycles. The normalized spacial score (nSPS) is 11.2. The third-order valence-corrected chi connectivity index (χ3v) is 6.08. The molecule has 1 heterocycles. The molecule has 0 aliphatic carbocycles. The minimum Gasteiger partial charge on any atom is -0.494 e. The molecule has 9 heteroatoms. The summed E-state index contributed by atoms with van der Waals surface area (Å²) in [6, 6.07) is 15.1. The standard InChI is InChI=1S/C22H26N4O4S/c1-4-25(5-2)22(27)20-16-23-26(17-10-8-7-9-11-17)21(20)24-31(28,29)19-14-12-18(13-15-19)30-6-3/h7-16,24H,4-6H2,1-3H3. The number of amides is 1. The first-order valence-electron chi connectivity index (χ1n) is 10.1. The van der Waals surface area contributed by atoms with Crippen molar-refractivity contribution >= 4 is 21.7 Å². The van der Waals surface area contributed by atoms with E-state index in [1.165, 1.54) is 23.0 Å². The number of benzene rings is 2. The van der Waals surface area contributed by atoms with Crippen molar-refractivity contribution in [3.63, 3.8) is 0 Å². The molecular weight excluding hydrogens is 416 g/mol. The van der Waals surface area contributed by atoms with Crippen LogP contribution in [0.5, 0.6) is 5.75 Å². The van der Waals surface area contributed by atoms with E-state index < -0.39 is 10.0 Å². The van der Waals surface area contributed by atoms with Crippen LogP contribution < -0.4 is 9.46 Å². The Bertz CT molecular complexity index is 1120. The molecule has 0 bridgehead atoms. The molecule has 0 saturated carbocycles. The highest BCUT2D eigenvalue weighted by molar-refractivity contribution is 7.92. The molecule has 31 heavy (non-hydrogen) atoms. The van der Waals surface area contributed by atoms with Gasteiger partial charge in [0.05, 0.1) is 23.4 Å². The second-order valence-electron chi connectivity index (χ2n) is 6.64. The van der Waals surface area contributed by atoms with Gasteiger partial charge in [-0.05, 0) is 57.2 Å². The molecule has 3 aromatic rings. The third kappa shape index (κ3) is 4.88. The maximum atomic E-state index is 13.1. The van der Waals surface area contributed by atoms with Gasteiger partial charge in [0, 0.05) is 13.1 Å². The second kappa shape index (κ2) is 9.65. The molecule has 1 amide bonds. The molecule has 0 aliphatic heterocycles. The van der Waals surface area contributed by atoms with E-state index in [1.54, 1.807) is 29.2 Å². The molecular formula is C22H26N4O4S. The van der Waals surface area contributed by atoms with Crippen molar-refractivity contribution in [2.24, 2.45) is 0 Å². The molecule has 0 aliphatic rings. The van der Waals surface area contributed by atoms with Crippen LogP contribution in [0.3, 0.4) is 0 Å². The van der Waals surface area contributed by atoms with Gasteiger partial charge in [-0.25, -0.2) is 13.1 Å². The van der Waals surface area contributed by atoms with Crippen molar-refractivity contribution in [2.45, 2.75) is 25.7 Å². The van der Waals surface area contributed by atoms with Crippen molar-refractivity contribution in [3.8, 4) is 11.4 Å². The second-order valence-corrected chi connectivity index (χ2v) is 8.32. The number of nitrogens with zero attached hydrogens (tertiary/aromatic N) is 3. The summed E-state index contributed by atoms with van der Waals surface area (Å²) >= 11 is 0. The van der Waals surface area contributed by atoms with Gasteiger partial charge >= 0.3 is 0 Å². The van der Waals surface area contributed by atoms with Crippen LogP contribution in [0.4, 0.5) is 5.82 Å². The average molecular weight is 443 g/mol. The fourth-order valence-electron chi connectivity index (χ4n) is 3.12. The molecule has 0 spiro atoms. The number of anilines is 1. The Balaban J connectivity index is 2.05. The Morgan fingerprint density at radius 1 is 1.03 bits per heavy atom. The largest absolute Gasteiger partial charge is 0.494 e. The van der Waals surface area contributed by atoms with Gasteiger partial charge in [-0.2, -0.15) is 5.10 Å². The van der Waals surface area contributed by atoms with Crippen molar-refractivity contribution in [1.29, 1.82) is 0 Å². The molecule has 0 radical (unpaired) electrons. The summed E-state index contributed by atoms with van der Waals surface area (Å²) in [7, 11) is -3.98. The summed E-state index contributed by atoms with van der Waals surface area (Å²) in [5.74, 6) is 0.377. The Hall–Kier alpha value is -3.33. The van der Waals surface area contributed by atoms with Crippen LogP contribution in [0.25, 0.3) is 5.69 Å². The highest BCUT2D eigenvalue weighted by Gasteiger charge is 2.26. The number of hydrogen-bond acceptors (Lipinski definition) is 5. The van der Waals surface area contributed by atoms with E-state index in [4.69, 9.17) is 4.74 Å². The Kier molecular flexibility index (Phi) is 6.96. The first-order chi connectivity index (χ1) is 14.9. The van der Waals surface area contributed by atoms with Crippen LogP contribution in [-0.2, 0) is 10.0 Å². The van der Waals surface area contributed by atoms with Crippen molar-refractivity contribution < 1.29 is 17.9 Å². The molecule has 8 nitrogen and oxygen atoms in total. The Morgan fingerprint density at radius 2 is 1.68 bits per heavy atom. The molecule has 1 N–H and O–H groups in total. The molecule has 1 aromatic heterocycles. The van der Waals surface area contributed by atoms with E-state index in [1.807, 2.05) is 39.0 Å². The van der Waals surface area contributed by atoms with E-state index in [0.29, 0.717) is 31.1 Å². The van der Waals surface area contributed by atoms with Crippen LogP contribution >= 0.6 is 0 Å². The van der Waals surface area contributed by atoms with Gasteiger partial charge in [0.2, 0.25) is 0 Å².